The van der Waals surface area contributed by atoms with Crippen molar-refractivity contribution in [2.75, 3.05) is 6.61 Å². The Morgan fingerprint density at radius 2 is 1.17 bits per heavy atom. The largest absolute Gasteiger partial charge is 0.744 e. The van der Waals surface area contributed by atoms with E-state index in [4.69, 9.17) is 5.11 Å². The van der Waals surface area contributed by atoms with Crippen LogP contribution in [0.1, 0.15) is 81.5 Å². The Morgan fingerprint density at radius 1 is 0.707 bits per heavy atom. The first kappa shape index (κ1) is 30.9. The van der Waals surface area contributed by atoms with E-state index in [0.29, 0.717) is 17.0 Å². The molecule has 4 aromatic carbocycles. The van der Waals surface area contributed by atoms with Crippen molar-refractivity contribution in [2.24, 2.45) is 0 Å². The van der Waals surface area contributed by atoms with Crippen LogP contribution in [0.3, 0.4) is 0 Å². The monoisotopic (exact) mass is 588 g/mol. The third kappa shape index (κ3) is 6.73. The summed E-state index contributed by atoms with van der Waals surface area (Å²) in [7, 11) is -4.46. The molecule has 0 radical (unpaired) electrons. The van der Waals surface area contributed by atoms with Crippen molar-refractivity contribution in [3.63, 3.8) is 0 Å². The molecule has 0 bridgehead atoms. The summed E-state index contributed by atoms with van der Waals surface area (Å²) in [4.78, 5) is 1.33. The zero-order chi connectivity index (χ0) is 29.9. The summed E-state index contributed by atoms with van der Waals surface area (Å²) in [6, 6.07) is 29.9. The van der Waals surface area contributed by atoms with E-state index in [1.165, 1.54) is 30.6 Å². The molecule has 0 aliphatic carbocycles. The highest BCUT2D eigenvalue weighted by Crippen LogP contribution is 2.48. The highest BCUT2D eigenvalue weighted by molar-refractivity contribution is 7.85. The van der Waals surface area contributed by atoms with Gasteiger partial charge in [0.05, 0.1) is 4.90 Å². The standard InChI is InChI=1S/C20H17OS.C15H24O3S/c21-14-13-15-9-11-16(12-10-15)22-19-7-3-1-5-17(19)18-6-2-4-8-20(18)22;1-9(2)12-7-13(10(3)4)15(19(16,17)18)14(8-12)11(5)6/h1-12,21H,13-14H2;7-11H,1-6H3,(H,16,17,18)/q+1;/p-1. The topological polar surface area (TPSA) is 77.4 Å². The number of thiophene rings is 1. The van der Waals surface area contributed by atoms with Gasteiger partial charge in [-0.2, -0.15) is 0 Å². The SMILES string of the molecule is CC(C)c1cc(C(C)C)c(S(=O)(=O)[O-])c(C(C)C)c1.OCCc1ccc(-[s+]2c3ccccc3c3ccccc32)cc1. The van der Waals surface area contributed by atoms with Crippen molar-refractivity contribution in [2.45, 2.75) is 70.6 Å². The predicted octanol–water partition coefficient (Wildman–Crippen LogP) is 9.23. The predicted molar refractivity (Wildman–Crippen MR) is 173 cm³/mol. The maximum atomic E-state index is 11.6. The molecule has 0 amide bonds. The molecule has 41 heavy (non-hydrogen) atoms. The van der Waals surface area contributed by atoms with E-state index in [2.05, 4.69) is 86.6 Å². The van der Waals surface area contributed by atoms with Crippen LogP contribution in [0.2, 0.25) is 0 Å². The Bertz CT molecular complexity index is 1660. The molecule has 0 spiro atoms. The van der Waals surface area contributed by atoms with Crippen LogP contribution in [0.15, 0.2) is 89.8 Å². The van der Waals surface area contributed by atoms with Gasteiger partial charge < -0.3 is 9.66 Å². The van der Waals surface area contributed by atoms with Gasteiger partial charge in [-0.25, -0.2) is 8.42 Å². The van der Waals surface area contributed by atoms with Gasteiger partial charge in [0.1, 0.15) is 10.1 Å². The lowest BCUT2D eigenvalue weighted by molar-refractivity contribution is 0.299. The van der Waals surface area contributed by atoms with Gasteiger partial charge in [-0.05, 0) is 82.8 Å². The molecular formula is C35H40O4S2. The Morgan fingerprint density at radius 3 is 1.56 bits per heavy atom. The summed E-state index contributed by atoms with van der Waals surface area (Å²) in [5, 5.41) is 11.8. The smallest absolute Gasteiger partial charge is 0.187 e. The van der Waals surface area contributed by atoms with Gasteiger partial charge in [-0.1, -0.05) is 90.1 Å². The summed E-state index contributed by atoms with van der Waals surface area (Å²) in [6.45, 7) is 12.0. The molecule has 0 aliphatic heterocycles. The van der Waals surface area contributed by atoms with E-state index >= 15 is 0 Å². The van der Waals surface area contributed by atoms with Gasteiger partial charge in [-0.3, -0.25) is 0 Å². The number of fused-ring (bicyclic) bond motifs is 3. The lowest BCUT2D eigenvalue weighted by Crippen LogP contribution is -2.11. The third-order valence-corrected chi connectivity index (χ3v) is 10.7. The second kappa shape index (κ2) is 12.9. The quantitative estimate of drug-likeness (QED) is 0.152. The molecule has 0 unspecified atom stereocenters. The minimum atomic E-state index is -4.45. The van der Waals surface area contributed by atoms with E-state index in [0.717, 1.165) is 12.0 Å². The van der Waals surface area contributed by atoms with E-state index in [1.807, 2.05) is 39.8 Å². The summed E-state index contributed by atoms with van der Waals surface area (Å²) < 4.78 is 37.7. The molecule has 0 aliphatic rings. The van der Waals surface area contributed by atoms with Crippen molar-refractivity contribution >= 4 is 40.8 Å². The average molecular weight is 589 g/mol. The molecule has 1 heterocycles. The molecule has 0 saturated carbocycles. The Balaban J connectivity index is 0.000000192. The van der Waals surface area contributed by atoms with Crippen molar-refractivity contribution in [3.05, 3.63) is 107 Å². The molecule has 0 saturated heterocycles. The van der Waals surface area contributed by atoms with Crippen LogP contribution in [0, 0.1) is 0 Å². The van der Waals surface area contributed by atoms with Crippen LogP contribution in [0.25, 0.3) is 25.1 Å². The van der Waals surface area contributed by atoms with Gasteiger partial charge in [0, 0.05) is 27.8 Å². The summed E-state index contributed by atoms with van der Waals surface area (Å²) in [6.07, 6.45) is 0.723. The van der Waals surface area contributed by atoms with Crippen molar-refractivity contribution in [1.29, 1.82) is 0 Å². The number of rotatable bonds is 7. The van der Waals surface area contributed by atoms with Crippen LogP contribution in [-0.4, -0.2) is 24.7 Å². The fraction of sp³-hybridized carbons (Fsp3) is 0.314. The molecule has 1 aromatic heterocycles. The number of benzene rings is 4. The first-order valence-electron chi connectivity index (χ1n) is 14.2. The molecule has 4 nitrogen and oxygen atoms in total. The zero-order valence-corrected chi connectivity index (χ0v) is 26.4. The highest BCUT2D eigenvalue weighted by Gasteiger charge is 2.23. The van der Waals surface area contributed by atoms with Crippen LogP contribution < -0.4 is 0 Å². The Labute approximate surface area is 247 Å². The molecule has 1 N–H and O–H groups in total. The lowest BCUT2D eigenvalue weighted by atomic mass is 9.89. The molecule has 0 atom stereocenters. The fourth-order valence-corrected chi connectivity index (χ4v) is 8.75. The van der Waals surface area contributed by atoms with Gasteiger partial charge in [-0.15, -0.1) is 0 Å². The maximum absolute atomic E-state index is 11.6. The van der Waals surface area contributed by atoms with Crippen LogP contribution in [-0.2, 0) is 16.5 Å². The number of hydrogen-bond acceptors (Lipinski definition) is 4. The maximum Gasteiger partial charge on any atom is 0.187 e. The average Bonchev–Trinajstić information content (AvgIpc) is 3.27. The van der Waals surface area contributed by atoms with E-state index < -0.39 is 10.1 Å². The number of aliphatic hydroxyl groups is 1. The Hall–Kier alpha value is -3.03. The fourth-order valence-electron chi connectivity index (χ4n) is 5.21. The lowest BCUT2D eigenvalue weighted by Gasteiger charge is -2.24. The molecule has 6 heteroatoms. The van der Waals surface area contributed by atoms with Crippen LogP contribution in [0.4, 0.5) is 0 Å². The Kier molecular flexibility index (Phi) is 9.70. The number of hydrogen-bond donors (Lipinski definition) is 1. The van der Waals surface area contributed by atoms with E-state index in [-0.39, 0.29) is 33.8 Å². The summed E-state index contributed by atoms with van der Waals surface area (Å²) >= 11 is 0. The summed E-state index contributed by atoms with van der Waals surface area (Å²) in [5.41, 5.74) is 3.56. The van der Waals surface area contributed by atoms with Gasteiger partial charge in [0.25, 0.3) is 0 Å². The minimum absolute atomic E-state index is 0.00919. The molecule has 216 valence electrons. The van der Waals surface area contributed by atoms with Crippen molar-refractivity contribution in [1.82, 2.24) is 0 Å². The number of aliphatic hydroxyl groups excluding tert-OH is 1. The molecule has 0 fully saturated rings. The van der Waals surface area contributed by atoms with Crippen LogP contribution in [0.5, 0.6) is 0 Å². The van der Waals surface area contributed by atoms with Crippen molar-refractivity contribution in [3.8, 4) is 4.90 Å². The van der Waals surface area contributed by atoms with Gasteiger partial charge in [0.2, 0.25) is 0 Å². The van der Waals surface area contributed by atoms with Gasteiger partial charge in [0.15, 0.2) is 14.3 Å². The molecular weight excluding hydrogens is 549 g/mol. The first-order chi connectivity index (χ1) is 19.4. The van der Waals surface area contributed by atoms with Gasteiger partial charge >= 0.3 is 0 Å². The van der Waals surface area contributed by atoms with E-state index in [1.54, 1.807) is 0 Å². The van der Waals surface area contributed by atoms with E-state index in [9.17, 15) is 13.0 Å². The minimum Gasteiger partial charge on any atom is -0.744 e. The molecule has 5 aromatic rings. The third-order valence-electron chi connectivity index (χ3n) is 7.39. The van der Waals surface area contributed by atoms with Crippen LogP contribution >= 0.6 is 10.5 Å². The zero-order valence-electron chi connectivity index (χ0n) is 24.7. The molecule has 5 rings (SSSR count). The normalized spacial score (nSPS) is 12.0. The summed E-state index contributed by atoms with van der Waals surface area (Å²) in [5.74, 6) is 0.322. The second-order valence-electron chi connectivity index (χ2n) is 11.4. The second-order valence-corrected chi connectivity index (χ2v) is 14.6. The first-order valence-corrected chi connectivity index (χ1v) is 16.8. The van der Waals surface area contributed by atoms with Crippen molar-refractivity contribution < 1.29 is 18.1 Å². The highest BCUT2D eigenvalue weighted by atomic mass is 32.2.